The van der Waals surface area contributed by atoms with Gasteiger partial charge in [-0.05, 0) is 69.7 Å². The van der Waals surface area contributed by atoms with Crippen LogP contribution in [-0.4, -0.2) is 45.2 Å². The third-order valence-electron chi connectivity index (χ3n) is 7.68. The van der Waals surface area contributed by atoms with Gasteiger partial charge in [0.2, 0.25) is 0 Å². The van der Waals surface area contributed by atoms with Gasteiger partial charge in [0.05, 0.1) is 34.0 Å². The highest BCUT2D eigenvalue weighted by Gasteiger charge is 2.49. The van der Waals surface area contributed by atoms with E-state index in [2.05, 4.69) is 20.6 Å². The van der Waals surface area contributed by atoms with E-state index in [-0.39, 0.29) is 36.1 Å². The quantitative estimate of drug-likeness (QED) is 0.483. The number of halogens is 2. The molecule has 3 aromatic rings. The molecular formula is C26H29Cl2N5O3. The number of nitrogens with zero attached hydrogens (tertiary/aromatic N) is 3. The van der Waals surface area contributed by atoms with Crippen molar-refractivity contribution in [3.8, 4) is 5.75 Å². The predicted octanol–water partition coefficient (Wildman–Crippen LogP) is 4.54. The second kappa shape index (κ2) is 9.74. The minimum atomic E-state index is -0.176. The first-order valence-electron chi connectivity index (χ1n) is 12.2. The summed E-state index contributed by atoms with van der Waals surface area (Å²) in [6.07, 6.45) is 7.60. The molecule has 8 nitrogen and oxygen atoms in total. The Kier molecular flexibility index (Phi) is 6.80. The zero-order valence-corrected chi connectivity index (χ0v) is 21.7. The molecule has 0 atom stereocenters. The van der Waals surface area contributed by atoms with Crippen LogP contribution in [0, 0.1) is 6.92 Å². The van der Waals surface area contributed by atoms with Gasteiger partial charge in [0.1, 0.15) is 0 Å². The minimum absolute atomic E-state index is 0. The summed E-state index contributed by atoms with van der Waals surface area (Å²) in [5, 5.41) is 7.16. The molecule has 0 spiro atoms. The van der Waals surface area contributed by atoms with Crippen LogP contribution >= 0.6 is 24.0 Å². The lowest BCUT2D eigenvalue weighted by molar-refractivity contribution is -0.165. The molecule has 0 aromatic carbocycles. The Bertz CT molecular complexity index is 1290. The average molecular weight is 530 g/mol. The fourth-order valence-electron chi connectivity index (χ4n) is 5.48. The summed E-state index contributed by atoms with van der Waals surface area (Å²) >= 11 is 6.56. The van der Waals surface area contributed by atoms with E-state index >= 15 is 0 Å². The van der Waals surface area contributed by atoms with E-state index in [4.69, 9.17) is 26.1 Å². The van der Waals surface area contributed by atoms with Crippen LogP contribution in [0.5, 0.6) is 5.75 Å². The maximum atomic E-state index is 11.6. The number of anilines is 1. The van der Waals surface area contributed by atoms with Crippen molar-refractivity contribution in [3.63, 3.8) is 0 Å². The van der Waals surface area contributed by atoms with Crippen LogP contribution < -0.4 is 15.4 Å². The van der Waals surface area contributed by atoms with Gasteiger partial charge in [-0.3, -0.25) is 14.8 Å². The number of nitrogens with one attached hydrogen (secondary N) is 2. The van der Waals surface area contributed by atoms with Crippen molar-refractivity contribution in [1.82, 2.24) is 20.3 Å². The van der Waals surface area contributed by atoms with E-state index in [0.717, 1.165) is 66.5 Å². The van der Waals surface area contributed by atoms with Gasteiger partial charge in [-0.15, -0.1) is 12.4 Å². The molecule has 190 valence electrons. The first kappa shape index (κ1) is 25.1. The summed E-state index contributed by atoms with van der Waals surface area (Å²) in [5.74, 6) is 0.931. The maximum absolute atomic E-state index is 11.6. The number of carbonyl (C=O) groups is 1. The highest BCUT2D eigenvalue weighted by atomic mass is 35.5. The molecule has 7 rings (SSSR count). The largest absolute Gasteiger partial charge is 0.480 e. The normalized spacial score (nSPS) is 24.6. The third-order valence-corrected chi connectivity index (χ3v) is 8.01. The molecular weight excluding hydrogens is 501 g/mol. The molecule has 1 aliphatic carbocycles. The maximum Gasteiger partial charge on any atom is 0.263 e. The number of pyridine rings is 3. The molecule has 10 heteroatoms. The lowest BCUT2D eigenvalue weighted by atomic mass is 9.69. The number of hydrogen-bond acceptors (Lipinski definition) is 7. The number of amides is 1. The van der Waals surface area contributed by atoms with Crippen molar-refractivity contribution >= 4 is 46.8 Å². The number of aryl methyl sites for hydroxylation is 2. The number of hydrogen-bond donors (Lipinski definition) is 2. The van der Waals surface area contributed by atoms with Gasteiger partial charge in [-0.2, -0.15) is 0 Å². The molecule has 2 bridgehead atoms. The number of rotatable bonds is 6. The summed E-state index contributed by atoms with van der Waals surface area (Å²) in [7, 11) is 0. The van der Waals surface area contributed by atoms with Crippen LogP contribution in [0.15, 0.2) is 30.5 Å². The number of carbonyl (C=O) groups excluding carboxylic acids is 1. The standard InChI is InChI=1S/C26H28ClN5O3.ClH/c1-16-2-4-20-23(30-16)18(19(27)13-28-20)6-7-26-10-8-25(9-11-26,15-35-26)29-12-17-3-5-21-24(31-17)32-22(33)14-34-21;/h2-5,13,29H,6-12,14-15H2,1H3,(H,31,32,33);1H. The molecule has 0 unspecified atom stereocenters. The first-order chi connectivity index (χ1) is 16.9. The van der Waals surface area contributed by atoms with Gasteiger partial charge in [-0.25, -0.2) is 4.98 Å². The van der Waals surface area contributed by atoms with E-state index in [1.54, 1.807) is 6.20 Å². The Hall–Kier alpha value is -2.52. The van der Waals surface area contributed by atoms with Gasteiger partial charge in [0.15, 0.2) is 18.2 Å². The number of ether oxygens (including phenoxy) is 2. The van der Waals surface area contributed by atoms with Crippen molar-refractivity contribution in [1.29, 1.82) is 0 Å². The topological polar surface area (TPSA) is 98.3 Å². The second-order valence-corrected chi connectivity index (χ2v) is 10.4. The van der Waals surface area contributed by atoms with Gasteiger partial charge in [0, 0.05) is 29.5 Å². The van der Waals surface area contributed by atoms with Gasteiger partial charge >= 0.3 is 0 Å². The monoisotopic (exact) mass is 529 g/mol. The molecule has 2 saturated heterocycles. The lowest BCUT2D eigenvalue weighted by Gasteiger charge is -2.53. The molecule has 36 heavy (non-hydrogen) atoms. The van der Waals surface area contributed by atoms with Crippen LogP contribution in [-0.2, 0) is 22.5 Å². The Labute approximate surface area is 221 Å². The first-order valence-corrected chi connectivity index (χ1v) is 12.5. The zero-order valence-electron chi connectivity index (χ0n) is 20.1. The van der Waals surface area contributed by atoms with Crippen molar-refractivity contribution in [2.75, 3.05) is 18.5 Å². The van der Waals surface area contributed by atoms with Crippen LogP contribution in [0.4, 0.5) is 5.82 Å². The van der Waals surface area contributed by atoms with Gasteiger partial charge < -0.3 is 20.1 Å². The summed E-state index contributed by atoms with van der Waals surface area (Å²) < 4.78 is 11.9. The average Bonchev–Trinajstić information content (AvgIpc) is 2.88. The Morgan fingerprint density at radius 2 is 1.97 bits per heavy atom. The van der Waals surface area contributed by atoms with E-state index in [1.807, 2.05) is 31.2 Å². The number of fused-ring (bicyclic) bond motifs is 5. The molecule has 3 aliphatic heterocycles. The molecule has 6 heterocycles. The van der Waals surface area contributed by atoms with E-state index in [1.165, 1.54) is 0 Å². The highest BCUT2D eigenvalue weighted by Crippen LogP contribution is 2.46. The van der Waals surface area contributed by atoms with Crippen LogP contribution in [0.3, 0.4) is 0 Å². The minimum Gasteiger partial charge on any atom is -0.480 e. The van der Waals surface area contributed by atoms with E-state index in [0.29, 0.717) is 29.7 Å². The summed E-state index contributed by atoms with van der Waals surface area (Å²) in [4.78, 5) is 25.3. The van der Waals surface area contributed by atoms with Crippen molar-refractivity contribution in [2.45, 2.75) is 63.1 Å². The van der Waals surface area contributed by atoms with Crippen molar-refractivity contribution < 1.29 is 14.3 Å². The van der Waals surface area contributed by atoms with Crippen molar-refractivity contribution in [2.24, 2.45) is 0 Å². The Morgan fingerprint density at radius 3 is 2.75 bits per heavy atom. The molecule has 4 aliphatic rings. The smallest absolute Gasteiger partial charge is 0.263 e. The third kappa shape index (κ3) is 4.75. The fourth-order valence-corrected chi connectivity index (χ4v) is 5.71. The molecule has 1 amide bonds. The molecule has 3 fully saturated rings. The van der Waals surface area contributed by atoms with E-state index in [9.17, 15) is 4.79 Å². The van der Waals surface area contributed by atoms with Gasteiger partial charge in [0.25, 0.3) is 5.91 Å². The van der Waals surface area contributed by atoms with Crippen LogP contribution in [0.1, 0.15) is 49.1 Å². The predicted molar refractivity (Wildman–Crippen MR) is 140 cm³/mol. The summed E-state index contributed by atoms with van der Waals surface area (Å²) in [6, 6.07) is 7.79. The van der Waals surface area contributed by atoms with Crippen LogP contribution in [0.25, 0.3) is 11.0 Å². The molecule has 3 aromatic heterocycles. The highest BCUT2D eigenvalue weighted by molar-refractivity contribution is 6.32. The summed E-state index contributed by atoms with van der Waals surface area (Å²) in [5.41, 5.74) is 4.52. The SMILES string of the molecule is Cc1ccc2ncc(Cl)c(CCC34CCC(NCc5ccc6c(n5)NC(=O)CO6)(CC3)CO4)c2n1.Cl. The second-order valence-electron chi connectivity index (χ2n) is 10.00. The fraction of sp³-hybridized carbons (Fsp3) is 0.462. The number of aromatic nitrogens is 3. The molecule has 0 radical (unpaired) electrons. The van der Waals surface area contributed by atoms with E-state index < -0.39 is 0 Å². The Balaban J connectivity index is 0.00000267. The zero-order chi connectivity index (χ0) is 24.0. The lowest BCUT2D eigenvalue weighted by Crippen LogP contribution is -2.61. The Morgan fingerprint density at radius 1 is 1.14 bits per heavy atom. The molecule has 2 N–H and O–H groups in total. The van der Waals surface area contributed by atoms with Crippen molar-refractivity contribution in [3.05, 3.63) is 52.4 Å². The molecule has 1 saturated carbocycles. The van der Waals surface area contributed by atoms with Crippen LogP contribution in [0.2, 0.25) is 5.02 Å². The summed E-state index contributed by atoms with van der Waals surface area (Å²) in [6.45, 7) is 3.32. The van der Waals surface area contributed by atoms with Gasteiger partial charge in [-0.1, -0.05) is 11.6 Å².